The molecule has 0 fully saturated rings. The molecule has 13 heteroatoms. The molecule has 196 valence electrons. The largest absolute Gasteiger partial charge is 0.496 e. The van der Waals surface area contributed by atoms with E-state index in [0.29, 0.717) is 10.6 Å². The van der Waals surface area contributed by atoms with Crippen LogP contribution in [0.25, 0.3) is 15.2 Å². The summed E-state index contributed by atoms with van der Waals surface area (Å²) in [6, 6.07) is 2.35. The van der Waals surface area contributed by atoms with Gasteiger partial charge in [-0.25, -0.2) is 13.8 Å². The van der Waals surface area contributed by atoms with Crippen LogP contribution in [-0.2, 0) is 11.3 Å². The zero-order chi connectivity index (χ0) is 27.0. The average Bonchev–Trinajstić information content (AvgIpc) is 3.49. The van der Waals surface area contributed by atoms with Crippen molar-refractivity contribution in [1.82, 2.24) is 29.4 Å². The van der Waals surface area contributed by atoms with Gasteiger partial charge in [0.2, 0.25) is 5.91 Å². The Morgan fingerprint density at radius 2 is 1.89 bits per heavy atom. The van der Waals surface area contributed by atoms with Crippen molar-refractivity contribution < 1.29 is 19.0 Å². The number of methoxy groups -OCH3 is 1. The number of benzene rings is 1. The Bertz CT molecular complexity index is 1570. The second-order valence-electron chi connectivity index (χ2n) is 8.84. The van der Waals surface area contributed by atoms with Crippen molar-refractivity contribution in [3.8, 4) is 10.8 Å². The highest BCUT2D eigenvalue weighted by molar-refractivity contribution is 7.21. The number of rotatable bonds is 8. The van der Waals surface area contributed by atoms with E-state index >= 15 is 0 Å². The fourth-order valence-corrected chi connectivity index (χ4v) is 5.35. The molecule has 0 aliphatic carbocycles. The van der Waals surface area contributed by atoms with Crippen LogP contribution in [0.4, 0.5) is 4.39 Å². The Balaban J connectivity index is 1.96. The van der Waals surface area contributed by atoms with Crippen molar-refractivity contribution in [1.29, 1.82) is 0 Å². The molecule has 0 aliphatic heterocycles. The SMILES string of the molecule is COc1ccc(F)cc1[C@@H](O)Cn1c(=O)n(C(C)C(=O)NC(C)C)c(=O)c2c(C)c(-n3nccn3)sc21. The van der Waals surface area contributed by atoms with Crippen molar-refractivity contribution in [3.05, 3.63) is 68.4 Å². The number of amides is 1. The maximum atomic E-state index is 14.0. The summed E-state index contributed by atoms with van der Waals surface area (Å²) in [5.74, 6) is -0.857. The van der Waals surface area contributed by atoms with Gasteiger partial charge in [-0.15, -0.1) is 4.80 Å². The Hall–Kier alpha value is -3.84. The first-order chi connectivity index (χ1) is 17.5. The quantitative estimate of drug-likeness (QED) is 0.356. The Morgan fingerprint density at radius 1 is 1.22 bits per heavy atom. The van der Waals surface area contributed by atoms with Crippen LogP contribution in [0.2, 0.25) is 0 Å². The van der Waals surface area contributed by atoms with E-state index in [0.717, 1.165) is 22.0 Å². The van der Waals surface area contributed by atoms with E-state index in [1.54, 1.807) is 20.8 Å². The topological polar surface area (TPSA) is 133 Å². The zero-order valence-corrected chi connectivity index (χ0v) is 21.7. The first kappa shape index (κ1) is 26.2. The van der Waals surface area contributed by atoms with E-state index in [-0.39, 0.29) is 34.1 Å². The smallest absolute Gasteiger partial charge is 0.332 e. The fraction of sp³-hybridized carbons (Fsp3) is 0.375. The number of aryl methyl sites for hydroxylation is 1. The van der Waals surface area contributed by atoms with E-state index in [1.807, 2.05) is 0 Å². The van der Waals surface area contributed by atoms with Gasteiger partial charge in [0.25, 0.3) is 5.56 Å². The van der Waals surface area contributed by atoms with E-state index in [4.69, 9.17) is 4.74 Å². The number of thiophene rings is 1. The molecule has 11 nitrogen and oxygen atoms in total. The van der Waals surface area contributed by atoms with E-state index in [2.05, 4.69) is 15.5 Å². The van der Waals surface area contributed by atoms with Crippen molar-refractivity contribution in [2.24, 2.45) is 0 Å². The number of hydrogen-bond donors (Lipinski definition) is 2. The van der Waals surface area contributed by atoms with Gasteiger partial charge < -0.3 is 15.2 Å². The van der Waals surface area contributed by atoms with Gasteiger partial charge in [-0.3, -0.25) is 14.2 Å². The molecule has 0 saturated carbocycles. The first-order valence-electron chi connectivity index (χ1n) is 11.5. The number of aliphatic hydroxyl groups excluding tert-OH is 1. The number of carbonyl (C=O) groups is 1. The molecule has 4 aromatic rings. The third-order valence-electron chi connectivity index (χ3n) is 5.92. The van der Waals surface area contributed by atoms with Crippen LogP contribution in [0, 0.1) is 12.7 Å². The molecular formula is C24H27FN6O5S. The number of hydrogen-bond acceptors (Lipinski definition) is 8. The van der Waals surface area contributed by atoms with Crippen LogP contribution in [0.3, 0.4) is 0 Å². The second kappa shape index (κ2) is 10.3. The van der Waals surface area contributed by atoms with Gasteiger partial charge in [0.05, 0.1) is 31.4 Å². The van der Waals surface area contributed by atoms with E-state index in [9.17, 15) is 23.9 Å². The third kappa shape index (κ3) is 4.79. The fourth-order valence-electron chi connectivity index (χ4n) is 4.13. The third-order valence-corrected chi connectivity index (χ3v) is 7.20. The molecule has 4 rings (SSSR count). The molecule has 1 amide bonds. The number of halogens is 1. The zero-order valence-electron chi connectivity index (χ0n) is 20.9. The van der Waals surface area contributed by atoms with Crippen LogP contribution >= 0.6 is 11.3 Å². The van der Waals surface area contributed by atoms with Gasteiger partial charge in [0, 0.05) is 17.2 Å². The van der Waals surface area contributed by atoms with Crippen LogP contribution in [0.1, 0.15) is 44.0 Å². The maximum Gasteiger partial charge on any atom is 0.332 e. The normalized spacial score (nSPS) is 13.2. The predicted octanol–water partition coefficient (Wildman–Crippen LogP) is 2.08. The highest BCUT2D eigenvalue weighted by Gasteiger charge is 2.28. The molecule has 37 heavy (non-hydrogen) atoms. The number of nitrogens with zero attached hydrogens (tertiary/aromatic N) is 5. The van der Waals surface area contributed by atoms with Gasteiger partial charge in [0.1, 0.15) is 33.5 Å². The highest BCUT2D eigenvalue weighted by atomic mass is 32.1. The second-order valence-corrected chi connectivity index (χ2v) is 9.82. The Labute approximate surface area is 214 Å². The highest BCUT2D eigenvalue weighted by Crippen LogP contribution is 2.32. The molecule has 0 radical (unpaired) electrons. The van der Waals surface area contributed by atoms with Crippen molar-refractivity contribution >= 4 is 27.5 Å². The van der Waals surface area contributed by atoms with E-state index in [1.165, 1.54) is 47.9 Å². The first-order valence-corrected chi connectivity index (χ1v) is 12.3. The molecule has 1 unspecified atom stereocenters. The summed E-state index contributed by atoms with van der Waals surface area (Å²) < 4.78 is 21.4. The molecule has 0 spiro atoms. The van der Waals surface area contributed by atoms with Crippen LogP contribution in [-0.4, -0.2) is 48.3 Å². The summed E-state index contributed by atoms with van der Waals surface area (Å²) in [5, 5.41) is 22.8. The number of carbonyl (C=O) groups excluding carboxylic acids is 1. The molecular weight excluding hydrogens is 503 g/mol. The number of fused-ring (bicyclic) bond motifs is 1. The summed E-state index contributed by atoms with van der Waals surface area (Å²) in [5.41, 5.74) is -0.793. The lowest BCUT2D eigenvalue weighted by Gasteiger charge is -2.20. The van der Waals surface area contributed by atoms with Crippen molar-refractivity contribution in [3.63, 3.8) is 0 Å². The molecule has 1 aromatic carbocycles. The number of aliphatic hydroxyl groups is 1. The minimum Gasteiger partial charge on any atom is -0.496 e. The number of ether oxygens (including phenoxy) is 1. The summed E-state index contributed by atoms with van der Waals surface area (Å²) >= 11 is 1.10. The molecule has 2 N–H and O–H groups in total. The van der Waals surface area contributed by atoms with Gasteiger partial charge in [-0.05, 0) is 45.9 Å². The van der Waals surface area contributed by atoms with Crippen LogP contribution in [0.5, 0.6) is 5.75 Å². The molecule has 2 atom stereocenters. The summed E-state index contributed by atoms with van der Waals surface area (Å²) in [6.07, 6.45) is 1.59. The van der Waals surface area contributed by atoms with Gasteiger partial charge in [-0.2, -0.15) is 10.2 Å². The van der Waals surface area contributed by atoms with Gasteiger partial charge in [0.15, 0.2) is 0 Å². The summed E-state index contributed by atoms with van der Waals surface area (Å²) in [6.45, 7) is 6.36. The number of nitrogens with one attached hydrogen (secondary N) is 1. The van der Waals surface area contributed by atoms with Gasteiger partial charge in [-0.1, -0.05) is 11.3 Å². The monoisotopic (exact) mass is 530 g/mol. The molecule has 0 aliphatic rings. The lowest BCUT2D eigenvalue weighted by molar-refractivity contribution is -0.124. The molecule has 0 saturated heterocycles. The summed E-state index contributed by atoms with van der Waals surface area (Å²) in [7, 11) is 1.38. The maximum absolute atomic E-state index is 14.0. The molecule has 3 aromatic heterocycles. The minimum atomic E-state index is -1.37. The molecule has 0 bridgehead atoms. The minimum absolute atomic E-state index is 0.133. The van der Waals surface area contributed by atoms with Crippen molar-refractivity contribution in [2.75, 3.05) is 7.11 Å². The van der Waals surface area contributed by atoms with Crippen LogP contribution in [0.15, 0.2) is 40.2 Å². The average molecular weight is 531 g/mol. The van der Waals surface area contributed by atoms with E-state index < -0.39 is 35.1 Å². The van der Waals surface area contributed by atoms with Crippen molar-refractivity contribution in [2.45, 2.75) is 52.4 Å². The van der Waals surface area contributed by atoms with Gasteiger partial charge >= 0.3 is 5.69 Å². The lowest BCUT2D eigenvalue weighted by atomic mass is 10.1. The lowest BCUT2D eigenvalue weighted by Crippen LogP contribution is -2.47. The van der Waals surface area contributed by atoms with Crippen LogP contribution < -0.4 is 21.3 Å². The predicted molar refractivity (Wildman–Crippen MR) is 136 cm³/mol. The standard InChI is InChI=1S/C24H27FN6O5S/c1-12(2)28-20(33)14(4)30-21(34)19-13(3)22(31-26-8-9-27-31)37-23(19)29(24(30)35)11-17(32)16-10-15(25)6-7-18(16)36-5/h6-10,12,14,17,32H,11H2,1-5H3,(H,28,33)/t14?,17-/m0/s1. The Kier molecular flexibility index (Phi) is 7.28. The summed E-state index contributed by atoms with van der Waals surface area (Å²) in [4.78, 5) is 41.8. The molecule has 3 heterocycles. The Morgan fingerprint density at radius 3 is 2.51 bits per heavy atom. The number of aromatic nitrogens is 5.